The van der Waals surface area contributed by atoms with Crippen LogP contribution in [0.25, 0.3) is 11.0 Å². The number of rotatable bonds is 6. The highest BCUT2D eigenvalue weighted by atomic mass is 35.5. The number of imidazole rings is 1. The maximum atomic E-state index is 13.6. The first-order valence-corrected chi connectivity index (χ1v) is 12.3. The first-order chi connectivity index (χ1) is 16.6. The minimum Gasteiger partial charge on any atom is -0.370 e. The smallest absolute Gasteiger partial charge is 0.335 e. The molecule has 7 nitrogen and oxygen atoms in total. The summed E-state index contributed by atoms with van der Waals surface area (Å²) in [5, 5.41) is 0.668. The second-order valence-corrected chi connectivity index (χ2v) is 9.19. The molecule has 4 rings (SSSR count). The first-order valence-electron chi connectivity index (χ1n) is 10.9. The van der Waals surface area contributed by atoms with Gasteiger partial charge in [-0.2, -0.15) is 8.42 Å². The predicted octanol–water partition coefficient (Wildman–Crippen LogP) is 5.00. The highest BCUT2D eigenvalue weighted by Crippen LogP contribution is 2.42. The zero-order valence-electron chi connectivity index (χ0n) is 18.8. The number of benzene rings is 2. The third-order valence-corrected chi connectivity index (χ3v) is 6.65. The molecule has 1 fully saturated rings. The van der Waals surface area contributed by atoms with E-state index in [9.17, 15) is 13.6 Å². The number of amides is 1. The summed E-state index contributed by atoms with van der Waals surface area (Å²) in [4.78, 5) is 21.5. The van der Waals surface area contributed by atoms with E-state index in [1.807, 2.05) is 24.3 Å². The number of alkyl halides is 2. The Hall–Kier alpha value is -2.56. The van der Waals surface area contributed by atoms with E-state index in [4.69, 9.17) is 37.4 Å². The van der Waals surface area contributed by atoms with Crippen LogP contribution in [0, 0.1) is 0 Å². The van der Waals surface area contributed by atoms with Crippen molar-refractivity contribution in [1.82, 2.24) is 9.97 Å². The van der Waals surface area contributed by atoms with E-state index in [-0.39, 0.29) is 38.3 Å². The number of nitrogens with one attached hydrogen (secondary N) is 1. The molecular formula is C23H24Cl2F2N4O3S. The van der Waals surface area contributed by atoms with Gasteiger partial charge in [-0.25, -0.2) is 13.8 Å². The highest BCUT2D eigenvalue weighted by molar-refractivity contribution is 7.51. The highest BCUT2D eigenvalue weighted by Gasteiger charge is 2.35. The molecule has 0 unspecified atom stereocenters. The lowest BCUT2D eigenvalue weighted by Gasteiger charge is -2.34. The largest absolute Gasteiger partial charge is 0.370 e. The Bertz CT molecular complexity index is 1240. The average molecular weight is 545 g/mol. The third-order valence-electron chi connectivity index (χ3n) is 6.00. The number of aromatic nitrogens is 2. The van der Waals surface area contributed by atoms with Crippen LogP contribution >= 0.6 is 23.2 Å². The normalized spacial score (nSPS) is 15.9. The summed E-state index contributed by atoms with van der Waals surface area (Å²) in [7, 11) is 0. The fraction of sp³-hybridized carbons (Fsp3) is 0.391. The third kappa shape index (κ3) is 6.36. The van der Waals surface area contributed by atoms with E-state index in [0.717, 1.165) is 12.0 Å². The first kappa shape index (κ1) is 27.0. The van der Waals surface area contributed by atoms with Gasteiger partial charge in [0.1, 0.15) is 11.3 Å². The molecule has 12 heteroatoms. The van der Waals surface area contributed by atoms with Gasteiger partial charge in [0.15, 0.2) is 0 Å². The van der Waals surface area contributed by atoms with E-state index < -0.39 is 23.4 Å². The molecule has 1 aromatic heterocycles. The fourth-order valence-corrected chi connectivity index (χ4v) is 4.90. The van der Waals surface area contributed by atoms with Crippen LogP contribution in [0.3, 0.4) is 0 Å². The number of aromatic amines is 1. The molecule has 1 saturated heterocycles. The summed E-state index contributed by atoms with van der Waals surface area (Å²) in [6.07, 6.45) is 0.478. The number of fused-ring (bicyclic) bond motifs is 1. The van der Waals surface area contributed by atoms with Crippen molar-refractivity contribution in [2.45, 2.75) is 44.4 Å². The average Bonchev–Trinajstić information content (AvgIpc) is 3.23. The number of hydrogen-bond acceptors (Lipinski definition) is 5. The summed E-state index contributed by atoms with van der Waals surface area (Å²) in [5.41, 5.74) is 9.21. The van der Waals surface area contributed by atoms with Crippen molar-refractivity contribution < 1.29 is 22.0 Å². The molecule has 1 amide bonds. The number of anilines is 1. The number of carbonyl (C=O) groups is 1. The molecule has 0 bridgehead atoms. The Balaban J connectivity index is 0.00000108. The van der Waals surface area contributed by atoms with Crippen molar-refractivity contribution in [3.8, 4) is 0 Å². The number of aryl methyl sites for hydroxylation is 1. The van der Waals surface area contributed by atoms with Crippen LogP contribution in [-0.4, -0.2) is 43.3 Å². The van der Waals surface area contributed by atoms with Gasteiger partial charge in [0.25, 0.3) is 5.92 Å². The van der Waals surface area contributed by atoms with Crippen molar-refractivity contribution in [3.63, 3.8) is 0 Å². The van der Waals surface area contributed by atoms with Crippen molar-refractivity contribution in [1.29, 1.82) is 0 Å². The monoisotopic (exact) mass is 544 g/mol. The maximum absolute atomic E-state index is 13.6. The Labute approximate surface area is 214 Å². The molecule has 0 radical (unpaired) electrons. The second kappa shape index (κ2) is 11.5. The van der Waals surface area contributed by atoms with Gasteiger partial charge in [0.05, 0.1) is 27.2 Å². The Morgan fingerprint density at radius 2 is 1.83 bits per heavy atom. The number of nitrogens with zero attached hydrogens (tertiary/aromatic N) is 2. The summed E-state index contributed by atoms with van der Waals surface area (Å²) < 4.78 is 43.8. The van der Waals surface area contributed by atoms with Crippen LogP contribution in [0.2, 0.25) is 10.0 Å². The molecule has 35 heavy (non-hydrogen) atoms. The van der Waals surface area contributed by atoms with Gasteiger partial charge in [-0.05, 0) is 23.6 Å². The number of piperidine rings is 1. The fourth-order valence-electron chi connectivity index (χ4n) is 4.16. The van der Waals surface area contributed by atoms with Crippen LogP contribution < -0.4 is 10.6 Å². The molecule has 2 aromatic carbocycles. The molecule has 1 aliphatic heterocycles. The van der Waals surface area contributed by atoms with Crippen LogP contribution in [0.5, 0.6) is 0 Å². The van der Waals surface area contributed by atoms with Crippen molar-refractivity contribution in [2.75, 3.05) is 18.0 Å². The van der Waals surface area contributed by atoms with E-state index in [1.54, 1.807) is 11.0 Å². The van der Waals surface area contributed by atoms with Gasteiger partial charge < -0.3 is 15.6 Å². The number of H-pyrrole nitrogens is 1. The summed E-state index contributed by atoms with van der Waals surface area (Å²) >= 11 is 12.4. The van der Waals surface area contributed by atoms with Crippen LogP contribution in [0.4, 0.5) is 14.5 Å². The molecule has 0 spiro atoms. The molecule has 3 N–H and O–H groups in total. The van der Waals surface area contributed by atoms with E-state index >= 15 is 0 Å². The molecule has 1 aliphatic rings. The van der Waals surface area contributed by atoms with Crippen LogP contribution in [-0.2, 0) is 22.8 Å². The minimum atomic E-state index is -2.67. The van der Waals surface area contributed by atoms with Gasteiger partial charge in [0.2, 0.25) is 5.91 Å². The van der Waals surface area contributed by atoms with E-state index in [1.165, 1.54) is 5.56 Å². The summed E-state index contributed by atoms with van der Waals surface area (Å²) in [6, 6.07) is 9.66. The lowest BCUT2D eigenvalue weighted by Crippen LogP contribution is -2.39. The molecule has 1 atom stereocenters. The number of carbonyl (C=O) groups excluding carboxylic acids is 1. The lowest BCUT2D eigenvalue weighted by atomic mass is 9.93. The summed E-state index contributed by atoms with van der Waals surface area (Å²) in [6.45, 7) is 2.38. The van der Waals surface area contributed by atoms with Crippen LogP contribution in [0.1, 0.15) is 49.1 Å². The van der Waals surface area contributed by atoms with Gasteiger partial charge >= 0.3 is 11.6 Å². The molecule has 188 valence electrons. The molecule has 2 heterocycles. The predicted molar refractivity (Wildman–Crippen MR) is 133 cm³/mol. The van der Waals surface area contributed by atoms with Gasteiger partial charge in [-0.15, -0.1) is 0 Å². The SMILES string of the molecule is CCc1ccc([C@@H](CC(N)=O)c2nc3c(Cl)c(N4CCC(F)(F)CC4)c(Cl)cc3[nH]2)cc1.O=S=O. The van der Waals surface area contributed by atoms with Crippen molar-refractivity contribution in [3.05, 3.63) is 57.3 Å². The Kier molecular flexibility index (Phi) is 8.84. The maximum Gasteiger partial charge on any atom is 0.335 e. The van der Waals surface area contributed by atoms with E-state index in [0.29, 0.717) is 32.6 Å². The molecule has 0 saturated carbocycles. The van der Waals surface area contributed by atoms with Crippen LogP contribution in [0.15, 0.2) is 30.3 Å². The molecular weight excluding hydrogens is 521 g/mol. The van der Waals surface area contributed by atoms with Crippen molar-refractivity contribution in [2.24, 2.45) is 5.73 Å². The lowest BCUT2D eigenvalue weighted by molar-refractivity contribution is -0.118. The zero-order valence-corrected chi connectivity index (χ0v) is 21.2. The minimum absolute atomic E-state index is 0.0741. The number of nitrogens with two attached hydrogens (primary N) is 1. The topological polar surface area (TPSA) is 109 Å². The number of halogens is 4. The number of hydrogen-bond donors (Lipinski definition) is 2. The van der Waals surface area contributed by atoms with E-state index in [2.05, 4.69) is 16.9 Å². The molecule has 3 aromatic rings. The quantitative estimate of drug-likeness (QED) is 0.453. The zero-order chi connectivity index (χ0) is 25.8. The second-order valence-electron chi connectivity index (χ2n) is 8.27. The Morgan fingerprint density at radius 3 is 2.37 bits per heavy atom. The molecule has 0 aliphatic carbocycles. The van der Waals surface area contributed by atoms with Crippen molar-refractivity contribution >= 4 is 57.4 Å². The summed E-state index contributed by atoms with van der Waals surface area (Å²) in [5.74, 6) is -2.95. The standard InChI is InChI=1S/C23H24Cl2F2N4O.O2S/c1-2-13-3-5-14(6-4-13)15(11-18(28)32)22-29-17-12-16(24)21(19(25)20(17)30-22)31-9-7-23(26,27)8-10-31;1-3-2/h3-6,12,15H,2,7-11H2,1H3,(H2,28,32)(H,29,30);/t15-;/m1./s1. The van der Waals surface area contributed by atoms with Gasteiger partial charge in [-0.3, -0.25) is 4.79 Å². The van der Waals surface area contributed by atoms with Gasteiger partial charge in [-0.1, -0.05) is 54.4 Å². The number of primary amides is 1. The van der Waals surface area contributed by atoms with Gasteiger partial charge in [0, 0.05) is 32.4 Å². The Morgan fingerprint density at radius 1 is 1.23 bits per heavy atom.